The van der Waals surface area contributed by atoms with Crippen LogP contribution in [-0.4, -0.2) is 6.54 Å². The Morgan fingerprint density at radius 1 is 1.54 bits per heavy atom. The second kappa shape index (κ2) is 4.31. The normalized spacial score (nSPS) is 21.4. The largest absolute Gasteiger partial charge is 0.385 e. The quantitative estimate of drug-likeness (QED) is 0.683. The van der Waals surface area contributed by atoms with Gasteiger partial charge in [-0.2, -0.15) is 0 Å². The number of hydrogen-bond acceptors (Lipinski definition) is 1. The maximum Gasteiger partial charge on any atom is 0.0300 e. The summed E-state index contributed by atoms with van der Waals surface area (Å²) in [6.45, 7) is 11.6. The number of rotatable bonds is 2. The van der Waals surface area contributed by atoms with Crippen molar-refractivity contribution in [1.29, 1.82) is 0 Å². The van der Waals surface area contributed by atoms with Gasteiger partial charge in [0.05, 0.1) is 0 Å². The summed E-state index contributed by atoms with van der Waals surface area (Å²) in [5, 5.41) is 3.25. The summed E-state index contributed by atoms with van der Waals surface area (Å²) >= 11 is 0. The molecule has 0 aromatic carbocycles. The first kappa shape index (κ1) is 10.1. The summed E-state index contributed by atoms with van der Waals surface area (Å²) in [6, 6.07) is 0. The third kappa shape index (κ3) is 2.48. The van der Waals surface area contributed by atoms with Crippen molar-refractivity contribution in [2.75, 3.05) is 6.54 Å². The van der Waals surface area contributed by atoms with Gasteiger partial charge in [0.1, 0.15) is 0 Å². The van der Waals surface area contributed by atoms with Crippen molar-refractivity contribution < 1.29 is 0 Å². The minimum Gasteiger partial charge on any atom is -0.385 e. The Morgan fingerprint density at radius 3 is 2.62 bits per heavy atom. The van der Waals surface area contributed by atoms with Crippen LogP contribution < -0.4 is 5.32 Å². The third-order valence-corrected chi connectivity index (χ3v) is 2.46. The van der Waals surface area contributed by atoms with E-state index in [0.717, 1.165) is 18.7 Å². The van der Waals surface area contributed by atoms with Gasteiger partial charge in [-0.1, -0.05) is 32.6 Å². The van der Waals surface area contributed by atoms with Gasteiger partial charge in [0, 0.05) is 12.2 Å². The average Bonchev–Trinajstić information content (AvgIpc) is 2.46. The molecule has 1 heterocycles. The SMILES string of the molecule is C=C1NCC/C1=C/C(=C\C)C(C)C. The van der Waals surface area contributed by atoms with E-state index in [9.17, 15) is 0 Å². The van der Waals surface area contributed by atoms with E-state index in [4.69, 9.17) is 0 Å². The molecule has 0 unspecified atom stereocenters. The molecule has 1 N–H and O–H groups in total. The highest BCUT2D eigenvalue weighted by atomic mass is 14.9. The Kier molecular flexibility index (Phi) is 3.35. The molecule has 0 aromatic heterocycles. The van der Waals surface area contributed by atoms with Crippen molar-refractivity contribution in [3.8, 4) is 0 Å². The topological polar surface area (TPSA) is 12.0 Å². The molecule has 0 bridgehead atoms. The predicted octanol–water partition coefficient (Wildman–Crippen LogP) is 3.02. The van der Waals surface area contributed by atoms with E-state index in [1.807, 2.05) is 0 Å². The van der Waals surface area contributed by atoms with E-state index in [0.29, 0.717) is 5.92 Å². The Labute approximate surface area is 81.2 Å². The number of nitrogens with one attached hydrogen (secondary N) is 1. The van der Waals surface area contributed by atoms with Gasteiger partial charge in [-0.05, 0) is 30.4 Å². The smallest absolute Gasteiger partial charge is 0.0300 e. The fraction of sp³-hybridized carbons (Fsp3) is 0.500. The maximum absolute atomic E-state index is 3.98. The van der Waals surface area contributed by atoms with Crippen molar-refractivity contribution in [1.82, 2.24) is 5.32 Å². The zero-order valence-electron chi connectivity index (χ0n) is 8.85. The second-order valence-corrected chi connectivity index (χ2v) is 3.77. The van der Waals surface area contributed by atoms with Gasteiger partial charge in [0.15, 0.2) is 0 Å². The van der Waals surface area contributed by atoms with Gasteiger partial charge >= 0.3 is 0 Å². The van der Waals surface area contributed by atoms with E-state index >= 15 is 0 Å². The summed E-state index contributed by atoms with van der Waals surface area (Å²) < 4.78 is 0. The number of hydrogen-bond donors (Lipinski definition) is 1. The Balaban J connectivity index is 2.79. The highest BCUT2D eigenvalue weighted by Crippen LogP contribution is 2.21. The van der Waals surface area contributed by atoms with Crippen LogP contribution in [0.3, 0.4) is 0 Å². The molecule has 1 fully saturated rings. The molecule has 1 heteroatoms. The summed E-state index contributed by atoms with van der Waals surface area (Å²) in [4.78, 5) is 0. The molecule has 72 valence electrons. The molecule has 0 amide bonds. The third-order valence-electron chi connectivity index (χ3n) is 2.46. The monoisotopic (exact) mass is 177 g/mol. The fourth-order valence-corrected chi connectivity index (χ4v) is 1.56. The van der Waals surface area contributed by atoms with Crippen LogP contribution >= 0.6 is 0 Å². The minimum absolute atomic E-state index is 0.603. The molecule has 0 aromatic rings. The van der Waals surface area contributed by atoms with Crippen LogP contribution in [-0.2, 0) is 0 Å². The van der Waals surface area contributed by atoms with Crippen molar-refractivity contribution in [3.05, 3.63) is 35.6 Å². The van der Waals surface area contributed by atoms with Gasteiger partial charge in [-0.15, -0.1) is 0 Å². The lowest BCUT2D eigenvalue weighted by Gasteiger charge is -2.07. The maximum atomic E-state index is 3.98. The minimum atomic E-state index is 0.603. The summed E-state index contributed by atoms with van der Waals surface area (Å²) in [5.41, 5.74) is 3.86. The number of allylic oxidation sites excluding steroid dienone is 4. The summed E-state index contributed by atoms with van der Waals surface area (Å²) in [7, 11) is 0. The highest BCUT2D eigenvalue weighted by molar-refractivity contribution is 5.38. The molecule has 0 radical (unpaired) electrons. The first-order valence-electron chi connectivity index (χ1n) is 4.95. The van der Waals surface area contributed by atoms with Gasteiger partial charge in [0.25, 0.3) is 0 Å². The van der Waals surface area contributed by atoms with Gasteiger partial charge < -0.3 is 5.32 Å². The molecule has 0 saturated carbocycles. The van der Waals surface area contributed by atoms with Crippen LogP contribution in [0.4, 0.5) is 0 Å². The van der Waals surface area contributed by atoms with Gasteiger partial charge in [-0.25, -0.2) is 0 Å². The van der Waals surface area contributed by atoms with E-state index in [1.165, 1.54) is 11.1 Å². The van der Waals surface area contributed by atoms with E-state index in [-0.39, 0.29) is 0 Å². The van der Waals surface area contributed by atoms with Crippen molar-refractivity contribution in [2.24, 2.45) is 5.92 Å². The molecule has 1 rings (SSSR count). The lowest BCUT2D eigenvalue weighted by atomic mass is 9.99. The first-order chi connectivity index (χ1) is 6.15. The van der Waals surface area contributed by atoms with E-state index in [1.54, 1.807) is 0 Å². The molecule has 1 aliphatic rings. The highest BCUT2D eigenvalue weighted by Gasteiger charge is 2.11. The summed E-state index contributed by atoms with van der Waals surface area (Å²) in [6.07, 6.45) is 5.57. The fourth-order valence-electron chi connectivity index (χ4n) is 1.56. The van der Waals surface area contributed by atoms with E-state index in [2.05, 4.69) is 44.8 Å². The van der Waals surface area contributed by atoms with Crippen molar-refractivity contribution in [3.63, 3.8) is 0 Å². The zero-order valence-corrected chi connectivity index (χ0v) is 8.85. The van der Waals surface area contributed by atoms with Crippen LogP contribution in [0.25, 0.3) is 0 Å². The average molecular weight is 177 g/mol. The molecule has 1 nitrogen and oxygen atoms in total. The summed E-state index contributed by atoms with van der Waals surface area (Å²) in [5.74, 6) is 0.603. The molecular formula is C12H19N. The van der Waals surface area contributed by atoms with Crippen LogP contribution in [0.1, 0.15) is 27.2 Å². The predicted molar refractivity (Wildman–Crippen MR) is 58.4 cm³/mol. The van der Waals surface area contributed by atoms with Gasteiger partial charge in [-0.3, -0.25) is 0 Å². The molecule has 0 aliphatic carbocycles. The molecule has 1 saturated heterocycles. The Bertz CT molecular complexity index is 256. The van der Waals surface area contributed by atoms with Crippen molar-refractivity contribution >= 4 is 0 Å². The Morgan fingerprint density at radius 2 is 2.23 bits per heavy atom. The molecule has 0 atom stereocenters. The van der Waals surface area contributed by atoms with Crippen LogP contribution in [0, 0.1) is 5.92 Å². The lowest BCUT2D eigenvalue weighted by molar-refractivity contribution is 0.787. The van der Waals surface area contributed by atoms with Crippen molar-refractivity contribution in [2.45, 2.75) is 27.2 Å². The molecule has 0 spiro atoms. The molecule has 13 heavy (non-hydrogen) atoms. The second-order valence-electron chi connectivity index (χ2n) is 3.77. The molecule has 1 aliphatic heterocycles. The van der Waals surface area contributed by atoms with E-state index < -0.39 is 0 Å². The van der Waals surface area contributed by atoms with Gasteiger partial charge in [0.2, 0.25) is 0 Å². The zero-order chi connectivity index (χ0) is 9.84. The van der Waals surface area contributed by atoms with Crippen LogP contribution in [0.15, 0.2) is 35.6 Å². The standard InChI is InChI=1S/C12H19N/c1-5-11(9(2)3)8-12-6-7-13-10(12)4/h5,8-9,13H,4,6-7H2,1-3H3/b11-5+,12-8-. The van der Waals surface area contributed by atoms with Crippen LogP contribution in [0.2, 0.25) is 0 Å². The Hall–Kier alpha value is -0.980. The lowest BCUT2D eigenvalue weighted by Crippen LogP contribution is -2.02. The molecular weight excluding hydrogens is 158 g/mol. The first-order valence-corrected chi connectivity index (χ1v) is 4.95. The van der Waals surface area contributed by atoms with Crippen LogP contribution in [0.5, 0.6) is 0 Å².